The maximum absolute atomic E-state index is 13.1. The lowest BCUT2D eigenvalue weighted by Crippen LogP contribution is -2.41. The molecule has 1 saturated heterocycles. The fourth-order valence-electron chi connectivity index (χ4n) is 4.17. The summed E-state index contributed by atoms with van der Waals surface area (Å²) in [6, 6.07) is 4.92. The van der Waals surface area contributed by atoms with Gasteiger partial charge in [0.15, 0.2) is 5.82 Å². The lowest BCUT2D eigenvalue weighted by Gasteiger charge is -2.25. The van der Waals surface area contributed by atoms with Gasteiger partial charge in [0.25, 0.3) is 0 Å². The smallest absolute Gasteiger partial charge is 0.406 e. The molecule has 35 heavy (non-hydrogen) atoms. The van der Waals surface area contributed by atoms with E-state index in [4.69, 9.17) is 9.84 Å². The number of rotatable bonds is 8. The number of carboxylic acids is 1. The fraction of sp³-hybridized carbons (Fsp3) is 0.500. The van der Waals surface area contributed by atoms with Crippen molar-refractivity contribution in [2.24, 2.45) is 5.92 Å². The number of benzene rings is 1. The summed E-state index contributed by atoms with van der Waals surface area (Å²) in [5.41, 5.74) is 1.75. The summed E-state index contributed by atoms with van der Waals surface area (Å²) in [6.45, 7) is 0.169. The van der Waals surface area contributed by atoms with Crippen molar-refractivity contribution in [3.05, 3.63) is 47.0 Å². The van der Waals surface area contributed by atoms with Gasteiger partial charge in [0.2, 0.25) is 5.91 Å². The Kier molecular flexibility index (Phi) is 7.45. The molecule has 1 aromatic carbocycles. The lowest BCUT2D eigenvalue weighted by atomic mass is 9.94. The Hall–Kier alpha value is -3.32. The van der Waals surface area contributed by atoms with Crippen molar-refractivity contribution in [2.45, 2.75) is 38.1 Å². The molecule has 0 spiro atoms. The van der Waals surface area contributed by atoms with Gasteiger partial charge in [-0.05, 0) is 29.7 Å². The molecular weight excluding hydrogens is 469 g/mol. The first-order chi connectivity index (χ1) is 16.7. The van der Waals surface area contributed by atoms with Crippen molar-refractivity contribution in [3.8, 4) is 5.75 Å². The van der Waals surface area contributed by atoms with Gasteiger partial charge >= 0.3 is 12.1 Å². The minimum atomic E-state index is -4.60. The van der Waals surface area contributed by atoms with Crippen LogP contribution in [0.15, 0.2) is 24.4 Å². The van der Waals surface area contributed by atoms with Crippen molar-refractivity contribution in [2.75, 3.05) is 26.2 Å². The van der Waals surface area contributed by atoms with E-state index in [1.165, 1.54) is 0 Å². The molecule has 1 amide bonds. The Labute approximate surface area is 198 Å². The molecule has 3 heterocycles. The molecule has 1 atom stereocenters. The third kappa shape index (κ3) is 6.63. The van der Waals surface area contributed by atoms with Gasteiger partial charge in [-0.15, -0.1) is 5.10 Å². The second-order valence-electron chi connectivity index (χ2n) is 8.49. The highest BCUT2D eigenvalue weighted by Gasteiger charge is 2.38. The lowest BCUT2D eigenvalue weighted by molar-refractivity contribution is -0.165. The maximum Gasteiger partial charge on any atom is 0.406 e. The maximum atomic E-state index is 13.1. The highest BCUT2D eigenvalue weighted by molar-refractivity contribution is 5.84. The van der Waals surface area contributed by atoms with E-state index in [0.717, 1.165) is 13.1 Å². The molecule has 2 aliphatic heterocycles. The summed E-state index contributed by atoms with van der Waals surface area (Å²) in [7, 11) is 0. The van der Waals surface area contributed by atoms with Crippen LogP contribution < -0.4 is 15.4 Å². The van der Waals surface area contributed by atoms with E-state index < -0.39 is 36.9 Å². The normalized spacial score (nSPS) is 18.9. The van der Waals surface area contributed by atoms with Gasteiger partial charge in [0.1, 0.15) is 18.5 Å². The fourth-order valence-corrected chi connectivity index (χ4v) is 4.17. The van der Waals surface area contributed by atoms with Crippen molar-refractivity contribution in [1.29, 1.82) is 0 Å². The Morgan fingerprint density at radius 3 is 2.63 bits per heavy atom. The van der Waals surface area contributed by atoms with Gasteiger partial charge in [-0.2, -0.15) is 18.3 Å². The molecule has 0 bridgehead atoms. The third-order valence-corrected chi connectivity index (χ3v) is 5.79. The minimum absolute atomic E-state index is 0.0490. The average Bonchev–Trinajstić information content (AvgIpc) is 3.30. The largest absolute Gasteiger partial charge is 0.493 e. The second-order valence-corrected chi connectivity index (χ2v) is 8.49. The molecule has 188 valence electrons. The van der Waals surface area contributed by atoms with E-state index in [1.807, 2.05) is 0 Å². The van der Waals surface area contributed by atoms with Crippen molar-refractivity contribution >= 4 is 11.9 Å². The Balaban J connectivity index is 1.41. The molecule has 3 N–H and O–H groups in total. The van der Waals surface area contributed by atoms with Gasteiger partial charge in [0, 0.05) is 26.1 Å². The van der Waals surface area contributed by atoms with Gasteiger partial charge in [0.05, 0.1) is 30.8 Å². The molecule has 10 nitrogen and oxygen atoms in total. The molecule has 0 saturated carbocycles. The SMILES string of the molecule is O=C(O)C[C@@H]1Cc2ccc(OCCc3cnc(C4NCCN4)nn3)cc2CN(CC(F)(F)F)C1=O. The van der Waals surface area contributed by atoms with Crippen LogP contribution in [0.25, 0.3) is 0 Å². The van der Waals surface area contributed by atoms with Gasteiger partial charge < -0.3 is 14.7 Å². The number of alkyl halides is 3. The number of nitrogens with zero attached hydrogens (tertiary/aromatic N) is 4. The molecule has 0 radical (unpaired) electrons. The van der Waals surface area contributed by atoms with Crippen LogP contribution >= 0.6 is 0 Å². The van der Waals surface area contributed by atoms with E-state index in [1.54, 1.807) is 24.4 Å². The van der Waals surface area contributed by atoms with E-state index in [2.05, 4.69) is 25.8 Å². The number of hydrogen-bond acceptors (Lipinski definition) is 8. The van der Waals surface area contributed by atoms with Crippen molar-refractivity contribution in [1.82, 2.24) is 30.7 Å². The van der Waals surface area contributed by atoms with Crippen molar-refractivity contribution < 1.29 is 32.6 Å². The molecular formula is C22H25F3N6O4. The number of carbonyl (C=O) groups is 2. The molecule has 13 heteroatoms. The van der Waals surface area contributed by atoms with Crippen LogP contribution in [0.1, 0.15) is 35.2 Å². The van der Waals surface area contributed by atoms with E-state index >= 15 is 0 Å². The first-order valence-electron chi connectivity index (χ1n) is 11.1. The van der Waals surface area contributed by atoms with Crippen molar-refractivity contribution in [3.63, 3.8) is 0 Å². The number of hydrogen-bond donors (Lipinski definition) is 3. The number of carbonyl (C=O) groups excluding carboxylic acids is 1. The van der Waals surface area contributed by atoms with Crippen LogP contribution in [-0.2, 0) is 29.0 Å². The zero-order chi connectivity index (χ0) is 25.0. The number of nitrogens with one attached hydrogen (secondary N) is 2. The van der Waals surface area contributed by atoms with Crippen LogP contribution in [-0.4, -0.2) is 69.5 Å². The topological polar surface area (TPSA) is 130 Å². The molecule has 4 rings (SSSR count). The number of carboxylic acid groups (broad SMARTS) is 1. The highest BCUT2D eigenvalue weighted by Crippen LogP contribution is 2.30. The Bertz CT molecular complexity index is 1060. The number of aliphatic carboxylic acids is 1. The number of aromatic nitrogens is 3. The van der Waals surface area contributed by atoms with Crippen LogP contribution in [0, 0.1) is 5.92 Å². The number of halogens is 3. The Morgan fingerprint density at radius 1 is 1.20 bits per heavy atom. The predicted molar refractivity (Wildman–Crippen MR) is 115 cm³/mol. The monoisotopic (exact) mass is 494 g/mol. The zero-order valence-electron chi connectivity index (χ0n) is 18.7. The predicted octanol–water partition coefficient (Wildman–Crippen LogP) is 1.22. The van der Waals surface area contributed by atoms with Gasteiger partial charge in [-0.25, -0.2) is 4.98 Å². The first kappa shape index (κ1) is 24.8. The average molecular weight is 494 g/mol. The number of amides is 1. The number of ether oxygens (including phenoxy) is 1. The molecule has 0 unspecified atom stereocenters. The summed E-state index contributed by atoms with van der Waals surface area (Å²) in [4.78, 5) is 28.8. The summed E-state index contributed by atoms with van der Waals surface area (Å²) < 4.78 is 45.0. The molecule has 1 fully saturated rings. The summed E-state index contributed by atoms with van der Waals surface area (Å²) in [6.07, 6.45) is -3.17. The second kappa shape index (κ2) is 10.5. The highest BCUT2D eigenvalue weighted by atomic mass is 19.4. The first-order valence-corrected chi connectivity index (χ1v) is 11.1. The quantitative estimate of drug-likeness (QED) is 0.496. The third-order valence-electron chi connectivity index (χ3n) is 5.79. The standard InChI is InChI=1S/C22H25F3N6O4/c23-22(24,25)12-31-11-15-8-17(2-1-13(15)7-14(21(31)34)9-18(32)33)35-6-3-16-10-28-20(30-29-16)19-26-4-5-27-19/h1-2,8,10,14,19,26-27H,3-7,9,11-12H2,(H,32,33)/t14-/m0/s1. The van der Waals surface area contributed by atoms with E-state index in [-0.39, 0.29) is 25.7 Å². The Morgan fingerprint density at radius 2 is 1.97 bits per heavy atom. The number of fused-ring (bicyclic) bond motifs is 1. The van der Waals surface area contributed by atoms with Crippen LogP contribution in [0.3, 0.4) is 0 Å². The zero-order valence-corrected chi connectivity index (χ0v) is 18.7. The van der Waals surface area contributed by atoms with E-state index in [9.17, 15) is 22.8 Å². The molecule has 1 aromatic heterocycles. The summed E-state index contributed by atoms with van der Waals surface area (Å²) >= 11 is 0. The molecule has 2 aliphatic rings. The minimum Gasteiger partial charge on any atom is -0.493 e. The summed E-state index contributed by atoms with van der Waals surface area (Å²) in [5.74, 6) is -2.14. The van der Waals surface area contributed by atoms with E-state index in [0.29, 0.717) is 39.7 Å². The molecule has 2 aromatic rings. The van der Waals surface area contributed by atoms with Crippen LogP contribution in [0.4, 0.5) is 13.2 Å². The van der Waals surface area contributed by atoms with Gasteiger partial charge in [-0.1, -0.05) is 6.07 Å². The molecule has 0 aliphatic carbocycles. The van der Waals surface area contributed by atoms with Crippen LogP contribution in [0.2, 0.25) is 0 Å². The van der Waals surface area contributed by atoms with Gasteiger partial charge in [-0.3, -0.25) is 20.2 Å². The summed E-state index contributed by atoms with van der Waals surface area (Å²) in [5, 5.41) is 23.8. The van der Waals surface area contributed by atoms with Crippen LogP contribution in [0.5, 0.6) is 5.75 Å².